The Morgan fingerprint density at radius 1 is 1.21 bits per heavy atom. The molecule has 102 valence electrons. The second kappa shape index (κ2) is 6.15. The minimum Gasteiger partial charge on any atom is -0.379 e. The van der Waals surface area contributed by atoms with E-state index >= 15 is 0 Å². The summed E-state index contributed by atoms with van der Waals surface area (Å²) < 4.78 is 29.5. The van der Waals surface area contributed by atoms with Gasteiger partial charge in [-0.05, 0) is 24.3 Å². The highest BCUT2D eigenvalue weighted by Crippen LogP contribution is 2.12. The Kier molecular flexibility index (Phi) is 4.53. The number of nitriles is 1. The molecule has 0 unspecified atom stereocenters. The van der Waals surface area contributed by atoms with Crippen LogP contribution >= 0.6 is 0 Å². The SMILES string of the molecule is N#Cc1ccc(S(=O)(=O)CCN2CCOCC2)cc1. The maximum absolute atomic E-state index is 12.1. The number of nitrogens with zero attached hydrogens (tertiary/aromatic N) is 2. The van der Waals surface area contributed by atoms with Crippen LogP contribution < -0.4 is 0 Å². The van der Waals surface area contributed by atoms with E-state index in [4.69, 9.17) is 10.00 Å². The van der Waals surface area contributed by atoms with Crippen LogP contribution in [0, 0.1) is 11.3 Å². The lowest BCUT2D eigenvalue weighted by Gasteiger charge is -2.26. The molecule has 1 aliphatic heterocycles. The molecule has 19 heavy (non-hydrogen) atoms. The van der Waals surface area contributed by atoms with Gasteiger partial charge in [0.25, 0.3) is 0 Å². The topological polar surface area (TPSA) is 70.4 Å². The molecule has 0 radical (unpaired) electrons. The standard InChI is InChI=1S/C13H16N2O3S/c14-11-12-1-3-13(4-2-12)19(16,17)10-7-15-5-8-18-9-6-15/h1-4H,5-10H2. The van der Waals surface area contributed by atoms with Gasteiger partial charge in [0.15, 0.2) is 9.84 Å². The van der Waals surface area contributed by atoms with Crippen molar-refractivity contribution in [2.75, 3.05) is 38.6 Å². The average Bonchev–Trinajstić information content (AvgIpc) is 2.46. The van der Waals surface area contributed by atoms with E-state index in [0.717, 1.165) is 13.1 Å². The predicted molar refractivity (Wildman–Crippen MR) is 70.5 cm³/mol. The Hall–Kier alpha value is -1.42. The molecular formula is C13H16N2O3S. The number of benzene rings is 1. The van der Waals surface area contributed by atoms with Crippen LogP contribution in [0.2, 0.25) is 0 Å². The number of hydrogen-bond donors (Lipinski definition) is 0. The van der Waals surface area contributed by atoms with Crippen LogP contribution in [-0.4, -0.2) is 51.9 Å². The zero-order valence-corrected chi connectivity index (χ0v) is 11.4. The fourth-order valence-electron chi connectivity index (χ4n) is 1.93. The van der Waals surface area contributed by atoms with Crippen molar-refractivity contribution in [1.82, 2.24) is 4.90 Å². The smallest absolute Gasteiger partial charge is 0.179 e. The fourth-order valence-corrected chi connectivity index (χ4v) is 3.21. The zero-order chi connectivity index (χ0) is 13.7. The highest BCUT2D eigenvalue weighted by Gasteiger charge is 2.17. The Balaban J connectivity index is 1.99. The molecule has 1 aromatic carbocycles. The van der Waals surface area contributed by atoms with Gasteiger partial charge < -0.3 is 4.74 Å². The van der Waals surface area contributed by atoms with Crippen molar-refractivity contribution in [2.24, 2.45) is 0 Å². The molecule has 2 rings (SSSR count). The summed E-state index contributed by atoms with van der Waals surface area (Å²) in [6.45, 7) is 3.41. The summed E-state index contributed by atoms with van der Waals surface area (Å²) in [5.41, 5.74) is 0.465. The summed E-state index contributed by atoms with van der Waals surface area (Å²) in [4.78, 5) is 2.37. The van der Waals surface area contributed by atoms with Crippen LogP contribution in [0.3, 0.4) is 0 Å². The van der Waals surface area contributed by atoms with Gasteiger partial charge in [-0.1, -0.05) is 0 Å². The molecule has 0 aliphatic carbocycles. The van der Waals surface area contributed by atoms with Crippen LogP contribution in [0.15, 0.2) is 29.2 Å². The third-order valence-corrected chi connectivity index (χ3v) is 4.83. The first-order chi connectivity index (χ1) is 9.12. The summed E-state index contributed by atoms with van der Waals surface area (Å²) in [5.74, 6) is 0.0961. The van der Waals surface area contributed by atoms with E-state index in [2.05, 4.69) is 4.90 Å². The summed E-state index contributed by atoms with van der Waals surface area (Å²) in [5, 5.41) is 8.69. The van der Waals surface area contributed by atoms with Crippen LogP contribution in [0.25, 0.3) is 0 Å². The number of hydrogen-bond acceptors (Lipinski definition) is 5. The quantitative estimate of drug-likeness (QED) is 0.810. The van der Waals surface area contributed by atoms with Crippen molar-refractivity contribution in [3.05, 3.63) is 29.8 Å². The van der Waals surface area contributed by atoms with Gasteiger partial charge in [0.2, 0.25) is 0 Å². The van der Waals surface area contributed by atoms with Gasteiger partial charge in [-0.3, -0.25) is 4.90 Å². The highest BCUT2D eigenvalue weighted by atomic mass is 32.2. The molecule has 0 amide bonds. The minimum atomic E-state index is -3.28. The second-order valence-corrected chi connectivity index (χ2v) is 6.52. The summed E-state index contributed by atoms with van der Waals surface area (Å²) >= 11 is 0. The van der Waals surface area contributed by atoms with Crippen molar-refractivity contribution >= 4 is 9.84 Å². The first-order valence-electron chi connectivity index (χ1n) is 6.15. The van der Waals surface area contributed by atoms with Gasteiger partial charge in [0, 0.05) is 19.6 Å². The van der Waals surface area contributed by atoms with Crippen molar-refractivity contribution in [3.63, 3.8) is 0 Å². The molecule has 0 saturated carbocycles. The van der Waals surface area contributed by atoms with E-state index in [1.165, 1.54) is 24.3 Å². The molecular weight excluding hydrogens is 264 g/mol. The van der Waals surface area contributed by atoms with Crippen LogP contribution in [0.4, 0.5) is 0 Å². The highest BCUT2D eigenvalue weighted by molar-refractivity contribution is 7.91. The third-order valence-electron chi connectivity index (χ3n) is 3.12. The lowest BCUT2D eigenvalue weighted by molar-refractivity contribution is 0.0408. The maximum atomic E-state index is 12.1. The molecule has 0 atom stereocenters. The lowest BCUT2D eigenvalue weighted by atomic mass is 10.2. The summed E-state index contributed by atoms with van der Waals surface area (Å²) in [6, 6.07) is 8.02. The van der Waals surface area contributed by atoms with Crippen molar-refractivity contribution in [2.45, 2.75) is 4.90 Å². The monoisotopic (exact) mass is 280 g/mol. The van der Waals surface area contributed by atoms with Crippen molar-refractivity contribution in [3.8, 4) is 6.07 Å². The van der Waals surface area contributed by atoms with E-state index in [9.17, 15) is 8.42 Å². The number of rotatable bonds is 4. The van der Waals surface area contributed by atoms with Crippen LogP contribution in [0.5, 0.6) is 0 Å². The Bertz CT molecular complexity index is 555. The van der Waals surface area contributed by atoms with E-state index in [-0.39, 0.29) is 10.6 Å². The number of sulfone groups is 1. The van der Waals surface area contributed by atoms with Gasteiger partial charge in [0.05, 0.1) is 35.5 Å². The van der Waals surface area contributed by atoms with Crippen molar-refractivity contribution in [1.29, 1.82) is 5.26 Å². The van der Waals surface area contributed by atoms with E-state index in [1.807, 2.05) is 6.07 Å². The summed E-state index contributed by atoms with van der Waals surface area (Å²) in [6.07, 6.45) is 0. The molecule has 0 spiro atoms. The number of ether oxygens (including phenoxy) is 1. The molecule has 1 saturated heterocycles. The molecule has 6 heteroatoms. The van der Waals surface area contributed by atoms with E-state index in [0.29, 0.717) is 25.3 Å². The molecule has 5 nitrogen and oxygen atoms in total. The minimum absolute atomic E-state index is 0.0961. The molecule has 0 N–H and O–H groups in total. The van der Waals surface area contributed by atoms with Gasteiger partial charge in [0.1, 0.15) is 0 Å². The van der Waals surface area contributed by atoms with Crippen LogP contribution in [0.1, 0.15) is 5.56 Å². The first-order valence-corrected chi connectivity index (χ1v) is 7.80. The molecule has 0 aromatic heterocycles. The molecule has 1 aliphatic rings. The largest absolute Gasteiger partial charge is 0.379 e. The lowest BCUT2D eigenvalue weighted by Crippen LogP contribution is -2.39. The first kappa shape index (κ1) is 14.0. The predicted octanol–water partition coefficient (Wildman–Crippen LogP) is 0.664. The summed E-state index contributed by atoms with van der Waals surface area (Å²) in [7, 11) is -3.28. The Labute approximate surface area is 113 Å². The maximum Gasteiger partial charge on any atom is 0.179 e. The molecule has 0 bridgehead atoms. The molecule has 1 fully saturated rings. The van der Waals surface area contributed by atoms with E-state index < -0.39 is 9.84 Å². The van der Waals surface area contributed by atoms with Crippen LogP contribution in [-0.2, 0) is 14.6 Å². The Morgan fingerprint density at radius 3 is 2.42 bits per heavy atom. The Morgan fingerprint density at radius 2 is 1.84 bits per heavy atom. The average molecular weight is 280 g/mol. The fraction of sp³-hybridized carbons (Fsp3) is 0.462. The number of morpholine rings is 1. The van der Waals surface area contributed by atoms with Gasteiger partial charge in [-0.2, -0.15) is 5.26 Å². The molecule has 1 aromatic rings. The van der Waals surface area contributed by atoms with Gasteiger partial charge >= 0.3 is 0 Å². The van der Waals surface area contributed by atoms with E-state index in [1.54, 1.807) is 0 Å². The third kappa shape index (κ3) is 3.77. The molecule has 1 heterocycles. The van der Waals surface area contributed by atoms with Crippen molar-refractivity contribution < 1.29 is 13.2 Å². The zero-order valence-electron chi connectivity index (χ0n) is 10.6. The second-order valence-electron chi connectivity index (χ2n) is 4.41. The normalized spacial score (nSPS) is 17.0. The van der Waals surface area contributed by atoms with Gasteiger partial charge in [-0.25, -0.2) is 8.42 Å². The van der Waals surface area contributed by atoms with Gasteiger partial charge in [-0.15, -0.1) is 0 Å².